The molecule has 2 N–H and O–H groups in total. The molecule has 0 aliphatic heterocycles. The van der Waals surface area contributed by atoms with Gasteiger partial charge in [0.05, 0.1) is 12.7 Å². The van der Waals surface area contributed by atoms with Crippen LogP contribution in [-0.2, 0) is 9.53 Å². The van der Waals surface area contributed by atoms with Crippen LogP contribution in [0.1, 0.15) is 23.7 Å². The number of esters is 1. The monoisotopic (exact) mass is 287 g/mol. The minimum Gasteiger partial charge on any atom is -0.465 e. The molecule has 0 aliphatic rings. The number of methoxy groups -OCH3 is 1. The number of hydrogen-bond donors (Lipinski definition) is 2. The van der Waals surface area contributed by atoms with Crippen molar-refractivity contribution < 1.29 is 14.3 Å². The first-order chi connectivity index (χ1) is 10.1. The molecule has 0 aromatic heterocycles. The molecule has 0 saturated carbocycles. The van der Waals surface area contributed by atoms with Gasteiger partial charge in [0.25, 0.3) is 5.91 Å². The van der Waals surface area contributed by atoms with Crippen molar-refractivity contribution in [3.8, 4) is 6.07 Å². The van der Waals surface area contributed by atoms with Gasteiger partial charge < -0.3 is 15.4 Å². The molecule has 6 heteroatoms. The summed E-state index contributed by atoms with van der Waals surface area (Å²) in [6.07, 6.45) is 2.13. The number of carbonyl (C=O) groups is 2. The number of benzene rings is 1. The van der Waals surface area contributed by atoms with Gasteiger partial charge in [-0.05, 0) is 30.7 Å². The zero-order chi connectivity index (χ0) is 15.7. The molecule has 0 atom stereocenters. The van der Waals surface area contributed by atoms with E-state index in [4.69, 9.17) is 5.26 Å². The first kappa shape index (κ1) is 16.2. The summed E-state index contributed by atoms with van der Waals surface area (Å²) in [5, 5.41) is 14.4. The number of nitriles is 1. The minimum absolute atomic E-state index is 0.0134. The molecule has 110 valence electrons. The van der Waals surface area contributed by atoms with E-state index in [-0.39, 0.29) is 5.57 Å². The van der Waals surface area contributed by atoms with E-state index in [0.717, 1.165) is 6.42 Å². The summed E-state index contributed by atoms with van der Waals surface area (Å²) in [5.74, 6) is -0.841. The molecule has 0 bridgehead atoms. The Morgan fingerprint density at radius 3 is 2.52 bits per heavy atom. The molecule has 0 saturated heterocycles. The van der Waals surface area contributed by atoms with Crippen LogP contribution >= 0.6 is 0 Å². The Morgan fingerprint density at radius 1 is 1.33 bits per heavy atom. The van der Waals surface area contributed by atoms with Crippen LogP contribution in [0.3, 0.4) is 0 Å². The standard InChI is InChI=1S/C15H17N3O3/c1-3-8-17-14(19)12(9-16)10-18-13-6-4-11(5-7-13)15(20)21-2/h4-7,10,18H,3,8H2,1-2H3,(H,17,19)/b12-10-. The van der Waals surface area contributed by atoms with E-state index < -0.39 is 11.9 Å². The Kier molecular flexibility index (Phi) is 6.48. The van der Waals surface area contributed by atoms with Crippen LogP contribution in [0.5, 0.6) is 0 Å². The molecule has 0 aliphatic carbocycles. The Labute approximate surface area is 123 Å². The van der Waals surface area contributed by atoms with E-state index in [9.17, 15) is 9.59 Å². The first-order valence-corrected chi connectivity index (χ1v) is 6.45. The fourth-order valence-corrected chi connectivity index (χ4v) is 1.46. The third kappa shape index (κ3) is 4.99. The molecule has 1 amide bonds. The SMILES string of the molecule is CCCNC(=O)/C(C#N)=C\Nc1ccc(C(=O)OC)cc1. The number of amides is 1. The lowest BCUT2D eigenvalue weighted by atomic mass is 10.2. The van der Waals surface area contributed by atoms with Crippen molar-refractivity contribution >= 4 is 17.6 Å². The molecule has 1 rings (SSSR count). The van der Waals surface area contributed by atoms with Crippen molar-refractivity contribution in [3.63, 3.8) is 0 Å². The van der Waals surface area contributed by atoms with Gasteiger partial charge in [-0.1, -0.05) is 6.92 Å². The normalized spacial score (nSPS) is 10.4. The zero-order valence-electron chi connectivity index (χ0n) is 12.0. The van der Waals surface area contributed by atoms with Gasteiger partial charge in [0, 0.05) is 18.4 Å². The number of nitrogens with one attached hydrogen (secondary N) is 2. The summed E-state index contributed by atoms with van der Waals surface area (Å²) in [7, 11) is 1.31. The van der Waals surface area contributed by atoms with E-state index >= 15 is 0 Å². The van der Waals surface area contributed by atoms with Crippen molar-refractivity contribution in [2.75, 3.05) is 19.0 Å². The topological polar surface area (TPSA) is 91.2 Å². The number of nitrogens with zero attached hydrogens (tertiary/aromatic N) is 1. The number of hydrogen-bond acceptors (Lipinski definition) is 5. The molecular weight excluding hydrogens is 270 g/mol. The number of rotatable bonds is 6. The van der Waals surface area contributed by atoms with Crippen molar-refractivity contribution in [3.05, 3.63) is 41.6 Å². The second-order valence-corrected chi connectivity index (χ2v) is 4.14. The molecule has 0 fully saturated rings. The van der Waals surface area contributed by atoms with Gasteiger partial charge in [-0.15, -0.1) is 0 Å². The second kappa shape index (κ2) is 8.38. The Morgan fingerprint density at radius 2 is 2.00 bits per heavy atom. The minimum atomic E-state index is -0.422. The van der Waals surface area contributed by atoms with Crippen molar-refractivity contribution in [2.24, 2.45) is 0 Å². The van der Waals surface area contributed by atoms with Crippen LogP contribution in [0.15, 0.2) is 36.0 Å². The van der Waals surface area contributed by atoms with E-state index in [1.165, 1.54) is 13.3 Å². The molecule has 0 spiro atoms. The third-order valence-corrected chi connectivity index (χ3v) is 2.59. The van der Waals surface area contributed by atoms with Crippen LogP contribution in [0.4, 0.5) is 5.69 Å². The highest BCUT2D eigenvalue weighted by molar-refractivity contribution is 5.97. The fourth-order valence-electron chi connectivity index (χ4n) is 1.46. The number of anilines is 1. The highest BCUT2D eigenvalue weighted by Crippen LogP contribution is 2.11. The molecular formula is C15H17N3O3. The number of ether oxygens (including phenoxy) is 1. The van der Waals surface area contributed by atoms with E-state index in [1.54, 1.807) is 24.3 Å². The molecule has 0 heterocycles. The van der Waals surface area contributed by atoms with Crippen LogP contribution in [0.2, 0.25) is 0 Å². The number of carbonyl (C=O) groups excluding carboxylic acids is 2. The van der Waals surface area contributed by atoms with Crippen LogP contribution < -0.4 is 10.6 Å². The molecule has 0 unspecified atom stereocenters. The average molecular weight is 287 g/mol. The van der Waals surface area contributed by atoms with Crippen LogP contribution in [-0.4, -0.2) is 25.5 Å². The summed E-state index contributed by atoms with van der Waals surface area (Å²) in [4.78, 5) is 22.9. The average Bonchev–Trinajstić information content (AvgIpc) is 2.53. The van der Waals surface area contributed by atoms with Crippen LogP contribution in [0.25, 0.3) is 0 Å². The Bertz CT molecular complexity index is 571. The van der Waals surface area contributed by atoms with Crippen molar-refractivity contribution in [2.45, 2.75) is 13.3 Å². The largest absolute Gasteiger partial charge is 0.465 e. The van der Waals surface area contributed by atoms with Crippen molar-refractivity contribution in [1.82, 2.24) is 5.32 Å². The van der Waals surface area contributed by atoms with Crippen LogP contribution in [0, 0.1) is 11.3 Å². The van der Waals surface area contributed by atoms with Gasteiger partial charge in [0.2, 0.25) is 0 Å². The highest BCUT2D eigenvalue weighted by Gasteiger charge is 2.07. The maximum absolute atomic E-state index is 11.6. The molecule has 1 aromatic rings. The van der Waals surface area contributed by atoms with Gasteiger partial charge >= 0.3 is 5.97 Å². The predicted octanol–water partition coefficient (Wildman–Crippen LogP) is 1.82. The van der Waals surface area contributed by atoms with E-state index in [0.29, 0.717) is 17.8 Å². The van der Waals surface area contributed by atoms with E-state index in [2.05, 4.69) is 15.4 Å². The summed E-state index contributed by atoms with van der Waals surface area (Å²) in [5.41, 5.74) is 1.06. The lowest BCUT2D eigenvalue weighted by molar-refractivity contribution is -0.117. The zero-order valence-corrected chi connectivity index (χ0v) is 12.0. The summed E-state index contributed by atoms with van der Waals surface area (Å²) in [6, 6.07) is 8.32. The Balaban J connectivity index is 2.71. The molecule has 21 heavy (non-hydrogen) atoms. The second-order valence-electron chi connectivity index (χ2n) is 4.14. The first-order valence-electron chi connectivity index (χ1n) is 6.45. The Hall–Kier alpha value is -2.81. The summed E-state index contributed by atoms with van der Waals surface area (Å²) in [6.45, 7) is 2.45. The van der Waals surface area contributed by atoms with Gasteiger partial charge in [-0.2, -0.15) is 5.26 Å². The molecule has 6 nitrogen and oxygen atoms in total. The smallest absolute Gasteiger partial charge is 0.337 e. The third-order valence-electron chi connectivity index (χ3n) is 2.59. The lowest BCUT2D eigenvalue weighted by Gasteiger charge is -2.05. The predicted molar refractivity (Wildman–Crippen MR) is 78.4 cm³/mol. The fraction of sp³-hybridized carbons (Fsp3) is 0.267. The lowest BCUT2D eigenvalue weighted by Crippen LogP contribution is -2.25. The van der Waals surface area contributed by atoms with Crippen molar-refractivity contribution in [1.29, 1.82) is 5.26 Å². The molecule has 1 aromatic carbocycles. The maximum Gasteiger partial charge on any atom is 0.337 e. The van der Waals surface area contributed by atoms with Gasteiger partial charge in [-0.25, -0.2) is 4.79 Å². The summed E-state index contributed by atoms with van der Waals surface area (Å²) < 4.78 is 4.59. The van der Waals surface area contributed by atoms with Gasteiger partial charge in [0.1, 0.15) is 11.6 Å². The highest BCUT2D eigenvalue weighted by atomic mass is 16.5. The van der Waals surface area contributed by atoms with Gasteiger partial charge in [0.15, 0.2) is 0 Å². The van der Waals surface area contributed by atoms with Gasteiger partial charge in [-0.3, -0.25) is 4.79 Å². The summed E-state index contributed by atoms with van der Waals surface area (Å²) >= 11 is 0. The molecule has 0 radical (unpaired) electrons. The quantitative estimate of drug-likeness (QED) is 0.473. The van der Waals surface area contributed by atoms with E-state index in [1.807, 2.05) is 13.0 Å². The maximum atomic E-state index is 11.6.